The van der Waals surface area contributed by atoms with Crippen molar-refractivity contribution < 1.29 is 14.4 Å². The number of likely N-dealkylation sites (tertiary alicyclic amines) is 1. The lowest BCUT2D eigenvalue weighted by Crippen LogP contribution is -3.05. The van der Waals surface area contributed by atoms with Crippen molar-refractivity contribution in [1.29, 1.82) is 0 Å². The largest absolute Gasteiger partial charge is 0.463 e. The molecule has 0 radical (unpaired) electrons. The van der Waals surface area contributed by atoms with E-state index in [-0.39, 0.29) is 12.2 Å². The molecule has 0 aliphatic carbocycles. The quantitative estimate of drug-likeness (QED) is 0.539. The number of hydrogen-bond acceptors (Lipinski definition) is 2. The minimum absolute atomic E-state index is 0.238. The molecule has 1 fully saturated rings. The Labute approximate surface area is 68.3 Å². The summed E-state index contributed by atoms with van der Waals surface area (Å²) in [5.41, 5.74) is 0. The molecule has 1 N–H and O–H groups in total. The Bertz CT molecular complexity index is 119. The van der Waals surface area contributed by atoms with Crippen molar-refractivity contribution >= 4 is 0 Å². The third-order valence-corrected chi connectivity index (χ3v) is 2.08. The van der Waals surface area contributed by atoms with Crippen molar-refractivity contribution in [3.63, 3.8) is 0 Å². The zero-order valence-corrected chi connectivity index (χ0v) is 7.30. The molecule has 0 spiro atoms. The van der Waals surface area contributed by atoms with Gasteiger partial charge in [0.1, 0.15) is 12.2 Å². The Hall–Kier alpha value is -0.120. The average Bonchev–Trinajstić information content (AvgIpc) is 2.32. The van der Waals surface area contributed by atoms with E-state index in [0.29, 0.717) is 0 Å². The second kappa shape index (κ2) is 4.04. The lowest BCUT2D eigenvalue weighted by atomic mass is 10.2. The fraction of sp³-hybridized carbons (Fsp3) is 0.875. The van der Waals surface area contributed by atoms with Gasteiger partial charge in [-0.2, -0.15) is 7.05 Å². The summed E-state index contributed by atoms with van der Waals surface area (Å²) in [5.74, 6) is 0. The lowest BCUT2D eigenvalue weighted by molar-refractivity contribution is -0.842. The van der Waals surface area contributed by atoms with Crippen LogP contribution in [0.5, 0.6) is 0 Å². The van der Waals surface area contributed by atoms with E-state index in [1.807, 2.05) is 6.92 Å². The van der Waals surface area contributed by atoms with Gasteiger partial charge in [-0.05, 0) is 6.92 Å². The maximum absolute atomic E-state index is 5.49. The summed E-state index contributed by atoms with van der Waals surface area (Å²) in [5, 5.41) is 0. The summed E-state index contributed by atoms with van der Waals surface area (Å²) in [6.45, 7) is 4.69. The summed E-state index contributed by atoms with van der Waals surface area (Å²) < 4.78 is 10.8. The zero-order valence-electron chi connectivity index (χ0n) is 7.30. The van der Waals surface area contributed by atoms with Gasteiger partial charge in [0.25, 0.3) is 0 Å². The molecule has 0 aromatic rings. The minimum atomic E-state index is 0.238. The third kappa shape index (κ3) is 2.15. The van der Waals surface area contributed by atoms with Gasteiger partial charge in [-0.25, -0.2) is 0 Å². The molecular weight excluding hydrogens is 142 g/mol. The molecule has 3 atom stereocenters. The first-order valence-electron chi connectivity index (χ1n) is 4.09. The van der Waals surface area contributed by atoms with Gasteiger partial charge in [0, 0.05) is 13.7 Å². The molecule has 0 bridgehead atoms. The van der Waals surface area contributed by atoms with E-state index in [2.05, 4.69) is 7.05 Å². The Morgan fingerprint density at radius 3 is 2.64 bits per heavy atom. The molecule has 1 unspecified atom stereocenters. The predicted molar refractivity (Wildman–Crippen MR) is 42.3 cm³/mol. The van der Waals surface area contributed by atoms with E-state index < -0.39 is 0 Å². The van der Waals surface area contributed by atoms with Gasteiger partial charge in [0.15, 0.2) is 0 Å². The maximum Gasteiger partial charge on any atom is 0.135 e. The fourth-order valence-corrected chi connectivity index (χ4v) is 1.53. The van der Waals surface area contributed by atoms with Crippen LogP contribution in [0.15, 0.2) is 0 Å². The molecule has 0 saturated carbocycles. The molecular formula is C8H17NO2. The molecule has 1 heterocycles. The molecule has 1 aliphatic heterocycles. The molecule has 0 aromatic carbocycles. The molecule has 66 valence electrons. The molecule has 3 heteroatoms. The standard InChI is InChI=1S/C8H17NO2/c1-4-11-8-6-9(2)5-7(8)10-3/h7-9H,2,4-6H2,1,3H3/t7-,8-/m1/s1. The van der Waals surface area contributed by atoms with Crippen molar-refractivity contribution in [2.75, 3.05) is 26.8 Å². The summed E-state index contributed by atoms with van der Waals surface area (Å²) in [6.07, 6.45) is 0.486. The number of rotatable bonds is 3. The maximum atomic E-state index is 5.49. The van der Waals surface area contributed by atoms with Crippen molar-refractivity contribution in [3.8, 4) is 0 Å². The molecule has 1 aliphatic rings. The summed E-state index contributed by atoms with van der Waals surface area (Å²) in [6, 6.07) is 0. The van der Waals surface area contributed by atoms with Crippen molar-refractivity contribution in [1.82, 2.24) is 0 Å². The normalized spacial score (nSPS) is 37.9. The lowest BCUT2D eigenvalue weighted by Gasteiger charge is -2.13. The first kappa shape index (κ1) is 8.97. The van der Waals surface area contributed by atoms with Crippen LogP contribution in [0.1, 0.15) is 6.92 Å². The summed E-state index contributed by atoms with van der Waals surface area (Å²) in [7, 11) is 5.66. The summed E-state index contributed by atoms with van der Waals surface area (Å²) >= 11 is 0. The van der Waals surface area contributed by atoms with Crippen LogP contribution in [0.25, 0.3) is 0 Å². The van der Waals surface area contributed by atoms with Crippen LogP contribution in [-0.2, 0) is 9.47 Å². The molecule has 1 rings (SSSR count). The Balaban J connectivity index is 2.37. The van der Waals surface area contributed by atoms with Gasteiger partial charge in [-0.1, -0.05) is 0 Å². The second-order valence-corrected chi connectivity index (χ2v) is 2.93. The van der Waals surface area contributed by atoms with Gasteiger partial charge < -0.3 is 14.4 Å². The van der Waals surface area contributed by atoms with Crippen LogP contribution < -0.4 is 4.90 Å². The van der Waals surface area contributed by atoms with Gasteiger partial charge in [0.05, 0.1) is 13.1 Å². The highest BCUT2D eigenvalue weighted by molar-refractivity contribution is 4.74. The van der Waals surface area contributed by atoms with Crippen LogP contribution in [-0.4, -0.2) is 39.0 Å². The Morgan fingerprint density at radius 1 is 1.45 bits per heavy atom. The average molecular weight is 159 g/mol. The monoisotopic (exact) mass is 159 g/mol. The number of methoxy groups -OCH3 is 1. The van der Waals surface area contributed by atoms with Gasteiger partial charge >= 0.3 is 0 Å². The fourth-order valence-electron chi connectivity index (χ4n) is 1.53. The van der Waals surface area contributed by atoms with Gasteiger partial charge in [-0.15, -0.1) is 0 Å². The Morgan fingerprint density at radius 2 is 2.09 bits per heavy atom. The number of nitrogens with one attached hydrogen (secondary N) is 1. The van der Waals surface area contributed by atoms with Gasteiger partial charge in [-0.3, -0.25) is 0 Å². The van der Waals surface area contributed by atoms with E-state index in [1.54, 1.807) is 7.11 Å². The van der Waals surface area contributed by atoms with E-state index >= 15 is 0 Å². The first-order chi connectivity index (χ1) is 5.27. The highest BCUT2D eigenvalue weighted by atomic mass is 16.5. The number of ether oxygens (including phenoxy) is 2. The SMILES string of the molecule is [CH2-][NH+]1C[C@@H](OC)[C@H](OCC)C1. The third-order valence-electron chi connectivity index (χ3n) is 2.08. The van der Waals surface area contributed by atoms with E-state index in [0.717, 1.165) is 19.7 Å². The minimum Gasteiger partial charge on any atom is -0.463 e. The number of quaternary nitrogens is 1. The number of hydrogen-bond donors (Lipinski definition) is 1. The van der Waals surface area contributed by atoms with E-state index in [9.17, 15) is 0 Å². The summed E-state index contributed by atoms with van der Waals surface area (Å²) in [4.78, 5) is 1.25. The smallest absolute Gasteiger partial charge is 0.135 e. The van der Waals surface area contributed by atoms with Crippen LogP contribution in [0, 0.1) is 7.05 Å². The highest BCUT2D eigenvalue weighted by Crippen LogP contribution is 2.04. The zero-order chi connectivity index (χ0) is 8.27. The second-order valence-electron chi connectivity index (χ2n) is 2.93. The van der Waals surface area contributed by atoms with E-state index in [4.69, 9.17) is 9.47 Å². The van der Waals surface area contributed by atoms with Crippen LogP contribution >= 0.6 is 0 Å². The molecule has 3 nitrogen and oxygen atoms in total. The predicted octanol–water partition coefficient (Wildman–Crippen LogP) is -0.903. The molecule has 0 aromatic heterocycles. The first-order valence-corrected chi connectivity index (χ1v) is 4.09. The van der Waals surface area contributed by atoms with E-state index in [1.165, 1.54) is 4.90 Å². The van der Waals surface area contributed by atoms with Crippen molar-refractivity contribution in [2.45, 2.75) is 19.1 Å². The molecule has 0 amide bonds. The molecule has 1 saturated heterocycles. The molecule has 11 heavy (non-hydrogen) atoms. The Kier molecular flexibility index (Phi) is 3.30. The van der Waals surface area contributed by atoms with Crippen LogP contribution in [0.4, 0.5) is 0 Å². The topological polar surface area (TPSA) is 22.9 Å². The van der Waals surface area contributed by atoms with Crippen LogP contribution in [0.2, 0.25) is 0 Å². The van der Waals surface area contributed by atoms with Crippen molar-refractivity contribution in [3.05, 3.63) is 7.05 Å². The highest BCUT2D eigenvalue weighted by Gasteiger charge is 2.32. The van der Waals surface area contributed by atoms with Gasteiger partial charge in [0.2, 0.25) is 0 Å². The van der Waals surface area contributed by atoms with Crippen LogP contribution in [0.3, 0.4) is 0 Å². The van der Waals surface area contributed by atoms with Crippen molar-refractivity contribution in [2.24, 2.45) is 0 Å².